The minimum atomic E-state index is -2.90. The SMILES string of the molecule is CCOc1cc(CN=C(N)NC(C)COC)ccc1OC(F)F. The summed E-state index contributed by atoms with van der Waals surface area (Å²) in [5, 5.41) is 2.98. The van der Waals surface area contributed by atoms with Crippen molar-refractivity contribution in [1.29, 1.82) is 0 Å². The Kier molecular flexibility index (Phi) is 8.10. The van der Waals surface area contributed by atoms with Gasteiger partial charge in [-0.25, -0.2) is 4.99 Å². The lowest BCUT2D eigenvalue weighted by Gasteiger charge is -2.14. The first-order valence-corrected chi connectivity index (χ1v) is 7.22. The summed E-state index contributed by atoms with van der Waals surface area (Å²) in [4.78, 5) is 4.19. The molecule has 0 amide bonds. The van der Waals surface area contributed by atoms with Gasteiger partial charge in [-0.1, -0.05) is 6.07 Å². The van der Waals surface area contributed by atoms with Crippen molar-refractivity contribution in [2.24, 2.45) is 10.7 Å². The van der Waals surface area contributed by atoms with Crippen molar-refractivity contribution >= 4 is 5.96 Å². The normalized spacial score (nSPS) is 13.0. The van der Waals surface area contributed by atoms with Gasteiger partial charge in [0.2, 0.25) is 0 Å². The molecule has 3 N–H and O–H groups in total. The first-order valence-electron chi connectivity index (χ1n) is 7.22. The molecule has 1 unspecified atom stereocenters. The zero-order chi connectivity index (χ0) is 17.2. The molecule has 0 fully saturated rings. The van der Waals surface area contributed by atoms with E-state index in [1.54, 1.807) is 26.2 Å². The molecule has 0 saturated heterocycles. The maximum Gasteiger partial charge on any atom is 0.387 e. The van der Waals surface area contributed by atoms with Crippen LogP contribution in [0.1, 0.15) is 19.4 Å². The van der Waals surface area contributed by atoms with Crippen LogP contribution < -0.4 is 20.5 Å². The Labute approximate surface area is 134 Å². The number of rotatable bonds is 9. The molecule has 0 heterocycles. The Hall–Kier alpha value is -2.09. The van der Waals surface area contributed by atoms with Gasteiger partial charge in [-0.2, -0.15) is 8.78 Å². The number of ether oxygens (including phenoxy) is 3. The third kappa shape index (κ3) is 7.14. The Bertz CT molecular complexity index is 513. The lowest BCUT2D eigenvalue weighted by Crippen LogP contribution is -2.40. The highest BCUT2D eigenvalue weighted by molar-refractivity contribution is 5.78. The van der Waals surface area contributed by atoms with Crippen LogP contribution in [0.2, 0.25) is 0 Å². The van der Waals surface area contributed by atoms with E-state index in [1.807, 2.05) is 6.92 Å². The van der Waals surface area contributed by atoms with E-state index in [-0.39, 0.29) is 30.0 Å². The number of hydrogen-bond donors (Lipinski definition) is 2. The van der Waals surface area contributed by atoms with Crippen molar-refractivity contribution in [3.05, 3.63) is 23.8 Å². The minimum absolute atomic E-state index is 0.00519. The molecule has 0 aliphatic heterocycles. The molecule has 1 aromatic rings. The second-order valence-electron chi connectivity index (χ2n) is 4.79. The zero-order valence-electron chi connectivity index (χ0n) is 13.5. The van der Waals surface area contributed by atoms with E-state index in [0.717, 1.165) is 5.56 Å². The van der Waals surface area contributed by atoms with Crippen molar-refractivity contribution in [3.63, 3.8) is 0 Å². The number of guanidine groups is 1. The number of alkyl halides is 2. The maximum absolute atomic E-state index is 12.3. The van der Waals surface area contributed by atoms with Crippen molar-refractivity contribution in [1.82, 2.24) is 5.32 Å². The van der Waals surface area contributed by atoms with Crippen molar-refractivity contribution in [3.8, 4) is 11.5 Å². The molecular weight excluding hydrogens is 308 g/mol. The molecule has 0 radical (unpaired) electrons. The summed E-state index contributed by atoms with van der Waals surface area (Å²) >= 11 is 0. The molecule has 8 heteroatoms. The Morgan fingerprint density at radius 1 is 1.35 bits per heavy atom. The number of nitrogens with two attached hydrogens (primary N) is 1. The molecule has 6 nitrogen and oxygen atoms in total. The highest BCUT2D eigenvalue weighted by atomic mass is 19.3. The highest BCUT2D eigenvalue weighted by Gasteiger charge is 2.11. The van der Waals surface area contributed by atoms with Gasteiger partial charge in [0.25, 0.3) is 0 Å². The van der Waals surface area contributed by atoms with Crippen LogP contribution in [-0.2, 0) is 11.3 Å². The number of methoxy groups -OCH3 is 1. The van der Waals surface area contributed by atoms with Crippen molar-refractivity contribution in [2.45, 2.75) is 33.0 Å². The average molecular weight is 331 g/mol. The molecule has 23 heavy (non-hydrogen) atoms. The maximum atomic E-state index is 12.3. The van der Waals surface area contributed by atoms with Gasteiger partial charge < -0.3 is 25.3 Å². The largest absolute Gasteiger partial charge is 0.490 e. The summed E-state index contributed by atoms with van der Waals surface area (Å²) in [5.74, 6) is 0.523. The first kappa shape index (κ1) is 19.0. The van der Waals surface area contributed by atoms with Gasteiger partial charge in [0.1, 0.15) is 0 Å². The summed E-state index contributed by atoms with van der Waals surface area (Å²) in [7, 11) is 1.60. The van der Waals surface area contributed by atoms with Gasteiger partial charge in [-0.3, -0.25) is 0 Å². The minimum Gasteiger partial charge on any atom is -0.490 e. The molecule has 0 bridgehead atoms. The molecule has 130 valence electrons. The topological polar surface area (TPSA) is 78.1 Å². The Balaban J connectivity index is 2.74. The lowest BCUT2D eigenvalue weighted by atomic mass is 10.2. The number of benzene rings is 1. The number of nitrogens with zero attached hydrogens (tertiary/aromatic N) is 1. The average Bonchev–Trinajstić information content (AvgIpc) is 2.47. The van der Waals surface area contributed by atoms with Crippen LogP contribution in [0.25, 0.3) is 0 Å². The van der Waals surface area contributed by atoms with Gasteiger partial charge in [-0.05, 0) is 31.5 Å². The van der Waals surface area contributed by atoms with E-state index in [0.29, 0.717) is 13.2 Å². The van der Waals surface area contributed by atoms with Crippen LogP contribution in [0.15, 0.2) is 23.2 Å². The van der Waals surface area contributed by atoms with E-state index in [9.17, 15) is 8.78 Å². The molecule has 1 atom stereocenters. The van der Waals surface area contributed by atoms with Crippen LogP contribution in [0.3, 0.4) is 0 Å². The zero-order valence-corrected chi connectivity index (χ0v) is 13.5. The summed E-state index contributed by atoms with van der Waals surface area (Å²) in [6.45, 7) is 1.90. The standard InChI is InChI=1S/C15H23F2N3O3/c1-4-22-13-7-11(5-6-12(13)23-14(16)17)8-19-15(18)20-10(2)9-21-3/h5-7,10,14H,4,8-9H2,1-3H3,(H3,18,19,20). The molecular formula is C15H23F2N3O3. The van der Waals surface area contributed by atoms with Gasteiger partial charge in [0, 0.05) is 13.2 Å². The number of hydrogen-bond acceptors (Lipinski definition) is 4. The Morgan fingerprint density at radius 3 is 2.70 bits per heavy atom. The van der Waals surface area contributed by atoms with Gasteiger partial charge >= 0.3 is 6.61 Å². The van der Waals surface area contributed by atoms with Crippen LogP contribution in [0, 0.1) is 0 Å². The van der Waals surface area contributed by atoms with E-state index in [4.69, 9.17) is 15.2 Å². The molecule has 0 saturated carbocycles. The summed E-state index contributed by atoms with van der Waals surface area (Å²) in [6, 6.07) is 4.70. The van der Waals surface area contributed by atoms with E-state index in [2.05, 4.69) is 15.0 Å². The second kappa shape index (κ2) is 9.83. The Morgan fingerprint density at radius 2 is 2.09 bits per heavy atom. The molecule has 1 rings (SSSR count). The smallest absolute Gasteiger partial charge is 0.387 e. The fourth-order valence-electron chi connectivity index (χ4n) is 1.88. The fourth-order valence-corrected chi connectivity index (χ4v) is 1.88. The van der Waals surface area contributed by atoms with Gasteiger partial charge in [0.15, 0.2) is 17.5 Å². The number of aliphatic imine (C=N–C) groups is 1. The van der Waals surface area contributed by atoms with E-state index >= 15 is 0 Å². The molecule has 1 aromatic carbocycles. The predicted octanol–water partition coefficient (Wildman–Crippen LogP) is 2.13. The van der Waals surface area contributed by atoms with Gasteiger partial charge in [0.05, 0.1) is 19.8 Å². The first-order chi connectivity index (χ1) is 11.0. The molecule has 0 aromatic heterocycles. The molecule has 0 aliphatic rings. The lowest BCUT2D eigenvalue weighted by molar-refractivity contribution is -0.0514. The summed E-state index contributed by atoms with van der Waals surface area (Å²) < 4.78 is 39.4. The van der Waals surface area contributed by atoms with Crippen molar-refractivity contribution < 1.29 is 23.0 Å². The van der Waals surface area contributed by atoms with E-state index in [1.165, 1.54) is 6.07 Å². The molecule has 0 aliphatic carbocycles. The number of halogens is 2. The quantitative estimate of drug-likeness (QED) is 0.535. The highest BCUT2D eigenvalue weighted by Crippen LogP contribution is 2.30. The third-order valence-corrected chi connectivity index (χ3v) is 2.77. The monoisotopic (exact) mass is 331 g/mol. The summed E-state index contributed by atoms with van der Waals surface area (Å²) in [6.07, 6.45) is 0. The molecule has 0 spiro atoms. The fraction of sp³-hybridized carbons (Fsp3) is 0.533. The second-order valence-corrected chi connectivity index (χ2v) is 4.79. The van der Waals surface area contributed by atoms with Gasteiger partial charge in [-0.15, -0.1) is 0 Å². The van der Waals surface area contributed by atoms with Crippen LogP contribution in [-0.4, -0.2) is 38.9 Å². The van der Waals surface area contributed by atoms with Crippen LogP contribution in [0.4, 0.5) is 8.78 Å². The van der Waals surface area contributed by atoms with Crippen LogP contribution in [0.5, 0.6) is 11.5 Å². The summed E-state index contributed by atoms with van der Waals surface area (Å²) in [5.41, 5.74) is 6.54. The van der Waals surface area contributed by atoms with Crippen LogP contribution >= 0.6 is 0 Å². The number of nitrogens with one attached hydrogen (secondary N) is 1. The van der Waals surface area contributed by atoms with E-state index < -0.39 is 6.61 Å². The predicted molar refractivity (Wildman–Crippen MR) is 84.0 cm³/mol. The van der Waals surface area contributed by atoms with Crippen molar-refractivity contribution in [2.75, 3.05) is 20.3 Å². The third-order valence-electron chi connectivity index (χ3n) is 2.77.